The fourth-order valence-corrected chi connectivity index (χ4v) is 3.55. The summed E-state index contributed by atoms with van der Waals surface area (Å²) in [6, 6.07) is 20.8. The van der Waals surface area contributed by atoms with E-state index in [9.17, 15) is 8.78 Å². The van der Waals surface area contributed by atoms with Crippen LogP contribution in [0.4, 0.5) is 8.78 Å². The molecule has 3 aromatic carbocycles. The van der Waals surface area contributed by atoms with Gasteiger partial charge in [0.05, 0.1) is 0 Å². The van der Waals surface area contributed by atoms with Gasteiger partial charge in [-0.25, -0.2) is 8.78 Å². The van der Waals surface area contributed by atoms with Crippen LogP contribution in [0.2, 0.25) is 0 Å². The lowest BCUT2D eigenvalue weighted by Gasteiger charge is -2.14. The van der Waals surface area contributed by atoms with E-state index in [1.165, 1.54) is 37.0 Å². The number of halogens is 2. The molecule has 0 saturated carbocycles. The Hall–Kier alpha value is -2.99. The molecule has 0 bridgehead atoms. The second-order valence-electron chi connectivity index (χ2n) is 7.47. The van der Waals surface area contributed by atoms with Crippen LogP contribution in [0.5, 0.6) is 0 Å². The van der Waals surface area contributed by atoms with Gasteiger partial charge in [-0.15, -0.1) is 0 Å². The van der Waals surface area contributed by atoms with Crippen LogP contribution in [-0.4, -0.2) is 0 Å². The van der Waals surface area contributed by atoms with Crippen molar-refractivity contribution in [2.45, 2.75) is 45.4 Å². The molecule has 3 rings (SSSR count). The first-order valence-electron chi connectivity index (χ1n) is 10.1. The van der Waals surface area contributed by atoms with E-state index >= 15 is 0 Å². The van der Waals surface area contributed by atoms with Gasteiger partial charge in [-0.3, -0.25) is 0 Å². The van der Waals surface area contributed by atoms with Crippen LogP contribution >= 0.6 is 0 Å². The molecule has 0 aliphatic carbocycles. The van der Waals surface area contributed by atoms with E-state index in [4.69, 9.17) is 5.26 Å². The maximum atomic E-state index is 13.9. The molecule has 0 spiro atoms. The zero-order valence-electron chi connectivity index (χ0n) is 16.9. The molecule has 0 amide bonds. The number of hydrogen-bond donors (Lipinski definition) is 0. The molecule has 0 aromatic heterocycles. The smallest absolute Gasteiger partial charge is 0.144 e. The van der Waals surface area contributed by atoms with Gasteiger partial charge < -0.3 is 0 Å². The van der Waals surface area contributed by atoms with E-state index in [1.807, 2.05) is 31.2 Å². The maximum Gasteiger partial charge on any atom is 0.144 e. The van der Waals surface area contributed by atoms with Crippen molar-refractivity contribution in [1.29, 1.82) is 5.26 Å². The summed E-state index contributed by atoms with van der Waals surface area (Å²) in [7, 11) is 0. The van der Waals surface area contributed by atoms with Crippen molar-refractivity contribution in [3.05, 3.63) is 94.6 Å². The van der Waals surface area contributed by atoms with Crippen LogP contribution in [0.3, 0.4) is 0 Å². The number of unbranched alkanes of at least 4 members (excludes halogenated alkanes) is 2. The minimum absolute atomic E-state index is 0.179. The van der Waals surface area contributed by atoms with E-state index in [0.29, 0.717) is 5.56 Å². The van der Waals surface area contributed by atoms with Gasteiger partial charge in [-0.1, -0.05) is 75.2 Å². The topological polar surface area (TPSA) is 23.8 Å². The Bertz CT molecular complexity index is 975. The van der Waals surface area contributed by atoms with E-state index in [2.05, 4.69) is 31.2 Å². The van der Waals surface area contributed by atoms with Crippen molar-refractivity contribution in [2.75, 3.05) is 0 Å². The number of hydrogen-bond acceptors (Lipinski definition) is 1. The number of rotatable bonds is 7. The predicted octanol–water partition coefficient (Wildman–Crippen LogP) is 7.39. The second-order valence-corrected chi connectivity index (χ2v) is 7.47. The summed E-state index contributed by atoms with van der Waals surface area (Å²) in [5, 5.41) is 8.83. The number of nitriles is 1. The minimum Gasteiger partial charge on any atom is -0.205 e. The Labute approximate surface area is 171 Å². The van der Waals surface area contributed by atoms with Crippen LogP contribution < -0.4 is 0 Å². The third-order valence-electron chi connectivity index (χ3n) is 5.44. The SMILES string of the molecule is CCCCCc1ccc(-c2ccc(C(C)c3cc(F)c(C#N)c(F)c3)cc2)cc1. The van der Waals surface area contributed by atoms with Crippen molar-refractivity contribution in [1.82, 2.24) is 0 Å². The normalized spacial score (nSPS) is 11.8. The summed E-state index contributed by atoms with van der Waals surface area (Å²) < 4.78 is 27.9. The fraction of sp³-hybridized carbons (Fsp3) is 0.269. The quantitative estimate of drug-likeness (QED) is 0.387. The van der Waals surface area contributed by atoms with Gasteiger partial charge in [0.15, 0.2) is 0 Å². The molecule has 0 radical (unpaired) electrons. The van der Waals surface area contributed by atoms with Crippen molar-refractivity contribution in [3.8, 4) is 17.2 Å². The zero-order chi connectivity index (χ0) is 20.8. The monoisotopic (exact) mass is 389 g/mol. The maximum absolute atomic E-state index is 13.9. The summed E-state index contributed by atoms with van der Waals surface area (Å²) in [5.74, 6) is -1.81. The molecular formula is C26H25F2N. The number of benzene rings is 3. The molecule has 0 aliphatic heterocycles. The third-order valence-corrected chi connectivity index (χ3v) is 5.44. The molecule has 1 unspecified atom stereocenters. The van der Waals surface area contributed by atoms with Crippen LogP contribution in [0.25, 0.3) is 11.1 Å². The summed E-state index contributed by atoms with van der Waals surface area (Å²) >= 11 is 0. The van der Waals surface area contributed by atoms with Gasteiger partial charge in [0.2, 0.25) is 0 Å². The van der Waals surface area contributed by atoms with Crippen LogP contribution in [-0.2, 0) is 6.42 Å². The summed E-state index contributed by atoms with van der Waals surface area (Å²) in [6.45, 7) is 4.11. The Morgan fingerprint density at radius 3 is 1.90 bits per heavy atom. The average molecular weight is 389 g/mol. The van der Waals surface area contributed by atoms with Gasteiger partial charge in [-0.05, 0) is 52.8 Å². The molecule has 0 N–H and O–H groups in total. The van der Waals surface area contributed by atoms with E-state index in [0.717, 1.165) is 23.1 Å². The first kappa shape index (κ1) is 20.7. The van der Waals surface area contributed by atoms with Crippen LogP contribution in [0.15, 0.2) is 60.7 Å². The molecule has 1 atom stereocenters. The standard InChI is InChI=1S/C26H25F2N/c1-3-4-5-6-19-7-9-21(10-8-19)22-13-11-20(12-14-22)18(2)23-15-25(27)24(17-29)26(28)16-23/h7-16,18H,3-6H2,1-2H3. The van der Waals surface area contributed by atoms with E-state index in [1.54, 1.807) is 6.07 Å². The highest BCUT2D eigenvalue weighted by Crippen LogP contribution is 2.29. The second kappa shape index (κ2) is 9.47. The Balaban J connectivity index is 1.75. The van der Waals surface area contributed by atoms with Gasteiger partial charge in [0.25, 0.3) is 0 Å². The molecule has 0 fully saturated rings. The highest BCUT2D eigenvalue weighted by molar-refractivity contribution is 5.64. The highest BCUT2D eigenvalue weighted by Gasteiger charge is 2.16. The predicted molar refractivity (Wildman–Crippen MR) is 114 cm³/mol. The molecule has 1 nitrogen and oxygen atoms in total. The van der Waals surface area contributed by atoms with Gasteiger partial charge in [-0.2, -0.15) is 5.26 Å². The Morgan fingerprint density at radius 2 is 1.38 bits per heavy atom. The van der Waals surface area contributed by atoms with Crippen LogP contribution in [0, 0.1) is 23.0 Å². The molecule has 0 heterocycles. The lowest BCUT2D eigenvalue weighted by atomic mass is 9.91. The third kappa shape index (κ3) is 4.90. The number of aryl methyl sites for hydroxylation is 1. The molecule has 0 saturated heterocycles. The first-order chi connectivity index (χ1) is 14.0. The first-order valence-corrected chi connectivity index (χ1v) is 10.1. The molecule has 0 aliphatic rings. The molecule has 3 aromatic rings. The largest absolute Gasteiger partial charge is 0.205 e. The Morgan fingerprint density at radius 1 is 0.828 bits per heavy atom. The number of nitrogens with zero attached hydrogens (tertiary/aromatic N) is 1. The van der Waals surface area contributed by atoms with Gasteiger partial charge in [0.1, 0.15) is 23.3 Å². The fourth-order valence-electron chi connectivity index (χ4n) is 3.55. The lowest BCUT2D eigenvalue weighted by Crippen LogP contribution is -2.00. The van der Waals surface area contributed by atoms with Crippen molar-refractivity contribution in [3.63, 3.8) is 0 Å². The lowest BCUT2D eigenvalue weighted by molar-refractivity contribution is 0.572. The van der Waals surface area contributed by atoms with Crippen molar-refractivity contribution < 1.29 is 8.78 Å². The summed E-state index contributed by atoms with van der Waals surface area (Å²) in [4.78, 5) is 0. The molecular weight excluding hydrogens is 364 g/mol. The van der Waals surface area contributed by atoms with Gasteiger partial charge >= 0.3 is 0 Å². The minimum atomic E-state index is -0.815. The zero-order valence-corrected chi connectivity index (χ0v) is 16.9. The molecule has 29 heavy (non-hydrogen) atoms. The molecule has 148 valence electrons. The Kier molecular flexibility index (Phi) is 6.77. The summed E-state index contributed by atoms with van der Waals surface area (Å²) in [6.07, 6.45) is 4.82. The van der Waals surface area contributed by atoms with E-state index < -0.39 is 17.2 Å². The highest BCUT2D eigenvalue weighted by atomic mass is 19.1. The van der Waals surface area contributed by atoms with Crippen molar-refractivity contribution >= 4 is 0 Å². The van der Waals surface area contributed by atoms with Gasteiger partial charge in [0, 0.05) is 5.92 Å². The average Bonchev–Trinajstić information content (AvgIpc) is 2.74. The van der Waals surface area contributed by atoms with Crippen LogP contribution in [0.1, 0.15) is 61.3 Å². The summed E-state index contributed by atoms with van der Waals surface area (Å²) in [5.41, 5.74) is 4.57. The van der Waals surface area contributed by atoms with E-state index in [-0.39, 0.29) is 5.92 Å². The van der Waals surface area contributed by atoms with Crippen molar-refractivity contribution in [2.24, 2.45) is 0 Å². The molecule has 3 heteroatoms.